The molecule has 1 heterocycles. The maximum Gasteiger partial charge on any atom is 0.416 e. The number of hydrogen-bond donors (Lipinski definition) is 0. The average molecular weight is 261 g/mol. The Labute approximate surface area is 101 Å². The SMILES string of the molecule is O=C1CCCN(c2ccc(C(F)(F)F)cc2F)C1. The van der Waals surface area contributed by atoms with Gasteiger partial charge in [-0.25, -0.2) is 4.39 Å². The molecule has 1 aliphatic rings. The second kappa shape index (κ2) is 4.59. The molecule has 0 bridgehead atoms. The van der Waals surface area contributed by atoms with Crippen LogP contribution in [-0.2, 0) is 11.0 Å². The number of carbonyl (C=O) groups is 1. The first-order valence-corrected chi connectivity index (χ1v) is 5.51. The van der Waals surface area contributed by atoms with E-state index in [1.165, 1.54) is 4.90 Å². The van der Waals surface area contributed by atoms with E-state index in [0.29, 0.717) is 25.5 Å². The third-order valence-electron chi connectivity index (χ3n) is 2.87. The van der Waals surface area contributed by atoms with Crippen LogP contribution in [-0.4, -0.2) is 18.9 Å². The minimum atomic E-state index is -4.56. The van der Waals surface area contributed by atoms with E-state index in [0.717, 1.165) is 12.1 Å². The molecule has 2 nitrogen and oxygen atoms in total. The van der Waals surface area contributed by atoms with Gasteiger partial charge in [-0.1, -0.05) is 0 Å². The second-order valence-electron chi connectivity index (χ2n) is 4.23. The van der Waals surface area contributed by atoms with Crippen LogP contribution < -0.4 is 4.90 Å². The Hall–Kier alpha value is -1.59. The molecule has 0 unspecified atom stereocenters. The number of halogens is 4. The smallest absolute Gasteiger partial charge is 0.362 e. The highest BCUT2D eigenvalue weighted by Crippen LogP contribution is 2.32. The first-order chi connectivity index (χ1) is 8.38. The molecule has 6 heteroatoms. The fourth-order valence-corrected chi connectivity index (χ4v) is 1.98. The third kappa shape index (κ3) is 2.63. The van der Waals surface area contributed by atoms with E-state index in [9.17, 15) is 22.4 Å². The fraction of sp³-hybridized carbons (Fsp3) is 0.417. The maximum atomic E-state index is 13.6. The van der Waals surface area contributed by atoms with Crippen LogP contribution in [0.2, 0.25) is 0 Å². The van der Waals surface area contributed by atoms with E-state index < -0.39 is 17.6 Å². The average Bonchev–Trinajstić information content (AvgIpc) is 2.27. The van der Waals surface area contributed by atoms with E-state index in [1.807, 2.05) is 0 Å². The molecule has 0 saturated carbocycles. The fourth-order valence-electron chi connectivity index (χ4n) is 1.98. The van der Waals surface area contributed by atoms with Crippen molar-refractivity contribution in [1.82, 2.24) is 0 Å². The summed E-state index contributed by atoms with van der Waals surface area (Å²) in [6.07, 6.45) is -3.52. The van der Waals surface area contributed by atoms with E-state index in [-0.39, 0.29) is 18.0 Å². The highest BCUT2D eigenvalue weighted by atomic mass is 19.4. The minimum absolute atomic E-state index is 0.0273. The Morgan fingerprint density at radius 2 is 1.94 bits per heavy atom. The summed E-state index contributed by atoms with van der Waals surface area (Å²) in [7, 11) is 0. The van der Waals surface area contributed by atoms with Gasteiger partial charge in [0.05, 0.1) is 17.8 Å². The van der Waals surface area contributed by atoms with Crippen LogP contribution in [0.25, 0.3) is 0 Å². The number of rotatable bonds is 1. The van der Waals surface area contributed by atoms with Gasteiger partial charge in [-0.3, -0.25) is 4.79 Å². The van der Waals surface area contributed by atoms with Gasteiger partial charge < -0.3 is 4.90 Å². The quantitative estimate of drug-likeness (QED) is 0.724. The molecule has 98 valence electrons. The summed E-state index contributed by atoms with van der Waals surface area (Å²) in [5.74, 6) is -0.972. The lowest BCUT2D eigenvalue weighted by molar-refractivity contribution is -0.137. The van der Waals surface area contributed by atoms with Crippen molar-refractivity contribution in [3.05, 3.63) is 29.6 Å². The number of Topliss-reactive ketones (excluding diaryl/α,β-unsaturated/α-hetero) is 1. The highest BCUT2D eigenvalue weighted by molar-refractivity contribution is 5.84. The van der Waals surface area contributed by atoms with E-state index in [2.05, 4.69) is 0 Å². The number of ketones is 1. The van der Waals surface area contributed by atoms with Gasteiger partial charge in [0, 0.05) is 13.0 Å². The standard InChI is InChI=1S/C12H11F4NO/c13-10-6-8(12(14,15)16)3-4-11(10)17-5-1-2-9(18)7-17/h3-4,6H,1-2,5,7H2. The van der Waals surface area contributed by atoms with Gasteiger partial charge in [0.2, 0.25) is 0 Å². The van der Waals surface area contributed by atoms with Gasteiger partial charge >= 0.3 is 6.18 Å². The van der Waals surface area contributed by atoms with Gasteiger partial charge in [-0.05, 0) is 24.6 Å². The summed E-state index contributed by atoms with van der Waals surface area (Å²) in [6, 6.07) is 2.38. The normalized spacial score (nSPS) is 17.1. The predicted octanol–water partition coefficient (Wildman–Crippen LogP) is 3.01. The molecule has 0 spiro atoms. The molecule has 0 radical (unpaired) electrons. The Morgan fingerprint density at radius 3 is 2.50 bits per heavy atom. The van der Waals surface area contributed by atoms with Crippen molar-refractivity contribution in [1.29, 1.82) is 0 Å². The molecule has 2 rings (SSSR count). The number of benzene rings is 1. The molecule has 1 aromatic carbocycles. The van der Waals surface area contributed by atoms with Crippen molar-refractivity contribution in [3.63, 3.8) is 0 Å². The van der Waals surface area contributed by atoms with Gasteiger partial charge in [-0.2, -0.15) is 13.2 Å². The zero-order valence-electron chi connectivity index (χ0n) is 9.43. The number of hydrogen-bond acceptors (Lipinski definition) is 2. The molecule has 0 aliphatic carbocycles. The lowest BCUT2D eigenvalue weighted by atomic mass is 10.1. The maximum absolute atomic E-state index is 13.6. The van der Waals surface area contributed by atoms with Gasteiger partial charge in [0.1, 0.15) is 5.82 Å². The molecule has 18 heavy (non-hydrogen) atoms. The van der Waals surface area contributed by atoms with Crippen LogP contribution in [0.1, 0.15) is 18.4 Å². The molecule has 1 aromatic rings. The van der Waals surface area contributed by atoms with E-state index >= 15 is 0 Å². The summed E-state index contributed by atoms with van der Waals surface area (Å²) in [4.78, 5) is 12.7. The van der Waals surface area contributed by atoms with Crippen LogP contribution in [0.4, 0.5) is 23.2 Å². The van der Waals surface area contributed by atoms with E-state index in [1.54, 1.807) is 0 Å². The summed E-state index contributed by atoms with van der Waals surface area (Å²) < 4.78 is 50.7. The van der Waals surface area contributed by atoms with Crippen molar-refractivity contribution >= 4 is 11.5 Å². The van der Waals surface area contributed by atoms with Crippen molar-refractivity contribution in [2.75, 3.05) is 18.0 Å². The molecule has 0 atom stereocenters. The van der Waals surface area contributed by atoms with Crippen molar-refractivity contribution in [2.24, 2.45) is 0 Å². The number of anilines is 1. The Bertz CT molecular complexity index is 470. The Morgan fingerprint density at radius 1 is 1.22 bits per heavy atom. The van der Waals surface area contributed by atoms with Crippen LogP contribution in [0.3, 0.4) is 0 Å². The zero-order chi connectivity index (χ0) is 13.3. The largest absolute Gasteiger partial charge is 0.416 e. The van der Waals surface area contributed by atoms with Gasteiger partial charge in [-0.15, -0.1) is 0 Å². The van der Waals surface area contributed by atoms with Crippen molar-refractivity contribution in [2.45, 2.75) is 19.0 Å². The second-order valence-corrected chi connectivity index (χ2v) is 4.23. The minimum Gasteiger partial charge on any atom is -0.362 e. The number of nitrogens with zero attached hydrogens (tertiary/aromatic N) is 1. The summed E-state index contributed by atoms with van der Waals surface area (Å²) in [6.45, 7) is 0.538. The van der Waals surface area contributed by atoms with E-state index in [4.69, 9.17) is 0 Å². The zero-order valence-corrected chi connectivity index (χ0v) is 9.43. The monoisotopic (exact) mass is 261 g/mol. The summed E-state index contributed by atoms with van der Waals surface area (Å²) in [5.41, 5.74) is -0.969. The lowest BCUT2D eigenvalue weighted by Gasteiger charge is -2.28. The van der Waals surface area contributed by atoms with Gasteiger partial charge in [0.15, 0.2) is 5.78 Å². The van der Waals surface area contributed by atoms with Crippen LogP contribution >= 0.6 is 0 Å². The number of carbonyl (C=O) groups excluding carboxylic acids is 1. The van der Waals surface area contributed by atoms with Crippen LogP contribution in [0.15, 0.2) is 18.2 Å². The summed E-state index contributed by atoms with van der Waals surface area (Å²) in [5, 5.41) is 0. The topological polar surface area (TPSA) is 20.3 Å². The lowest BCUT2D eigenvalue weighted by Crippen LogP contribution is -2.36. The van der Waals surface area contributed by atoms with Crippen molar-refractivity contribution in [3.8, 4) is 0 Å². The van der Waals surface area contributed by atoms with Crippen LogP contribution in [0, 0.1) is 5.82 Å². The molecule has 0 amide bonds. The number of alkyl halides is 3. The molecule has 0 N–H and O–H groups in total. The Kier molecular flexibility index (Phi) is 3.28. The third-order valence-corrected chi connectivity index (χ3v) is 2.87. The molecular formula is C12H11F4NO. The molecule has 0 aromatic heterocycles. The number of piperidine rings is 1. The molecule has 1 aliphatic heterocycles. The predicted molar refractivity (Wildman–Crippen MR) is 57.9 cm³/mol. The first-order valence-electron chi connectivity index (χ1n) is 5.51. The highest BCUT2D eigenvalue weighted by Gasteiger charge is 2.31. The van der Waals surface area contributed by atoms with Crippen LogP contribution in [0.5, 0.6) is 0 Å². The first kappa shape index (κ1) is 12.9. The molecule has 1 fully saturated rings. The molecule has 1 saturated heterocycles. The molecular weight excluding hydrogens is 250 g/mol. The van der Waals surface area contributed by atoms with Crippen molar-refractivity contribution < 1.29 is 22.4 Å². The Balaban J connectivity index is 2.27. The van der Waals surface area contributed by atoms with Gasteiger partial charge in [0.25, 0.3) is 0 Å². The summed E-state index contributed by atoms with van der Waals surface area (Å²) >= 11 is 0.